The lowest BCUT2D eigenvalue weighted by Crippen LogP contribution is -1.98. The van der Waals surface area contributed by atoms with Crippen molar-refractivity contribution in [1.29, 1.82) is 0 Å². The van der Waals surface area contributed by atoms with Gasteiger partial charge in [0.1, 0.15) is 0 Å². The Bertz CT molecular complexity index is 475. The molecule has 0 heterocycles. The minimum Gasteiger partial charge on any atom is -0.360 e. The number of para-hydroxylation sites is 2. The van der Waals surface area contributed by atoms with Crippen LogP contribution in [0.25, 0.3) is 0 Å². The third-order valence-corrected chi connectivity index (χ3v) is 2.34. The summed E-state index contributed by atoms with van der Waals surface area (Å²) in [5, 5.41) is 6.55. The van der Waals surface area contributed by atoms with E-state index < -0.39 is 0 Å². The number of hydrogen-bond acceptors (Lipinski definition) is 2. The van der Waals surface area contributed by atoms with Crippen molar-refractivity contribution in [3.63, 3.8) is 0 Å². The summed E-state index contributed by atoms with van der Waals surface area (Å²) in [7, 11) is 0. The van der Waals surface area contributed by atoms with Gasteiger partial charge >= 0.3 is 0 Å². The summed E-state index contributed by atoms with van der Waals surface area (Å²) in [6.07, 6.45) is 1.96. The summed E-state index contributed by atoms with van der Waals surface area (Å²) >= 11 is 0. The molecule has 0 fully saturated rings. The Kier molecular flexibility index (Phi) is 3.81. The Labute approximate surface area is 102 Å². The van der Waals surface area contributed by atoms with Gasteiger partial charge in [0.15, 0.2) is 0 Å². The third-order valence-electron chi connectivity index (χ3n) is 2.34. The van der Waals surface area contributed by atoms with Crippen LogP contribution in [0.2, 0.25) is 0 Å². The zero-order chi connectivity index (χ0) is 11.9. The predicted molar refractivity (Wildman–Crippen MR) is 73.9 cm³/mol. The molecule has 0 amide bonds. The minimum absolute atomic E-state index is 1.07. The smallest absolute Gasteiger partial charge is 0.0382 e. The molecule has 0 radical (unpaired) electrons. The van der Waals surface area contributed by atoms with E-state index >= 15 is 0 Å². The van der Waals surface area contributed by atoms with E-state index in [-0.39, 0.29) is 0 Å². The van der Waals surface area contributed by atoms with Gasteiger partial charge in [-0.1, -0.05) is 36.4 Å². The van der Waals surface area contributed by atoms with E-state index in [1.807, 2.05) is 73.8 Å². The maximum Gasteiger partial charge on any atom is 0.0382 e. The van der Waals surface area contributed by atoms with Crippen LogP contribution in [-0.2, 0) is 0 Å². The fourth-order valence-corrected chi connectivity index (χ4v) is 1.51. The topological polar surface area (TPSA) is 24.1 Å². The van der Waals surface area contributed by atoms with Crippen LogP contribution >= 0.6 is 0 Å². The lowest BCUT2D eigenvalue weighted by molar-refractivity contribution is 1.35. The number of nitrogens with one attached hydrogen (secondary N) is 2. The van der Waals surface area contributed by atoms with E-state index in [0.29, 0.717) is 0 Å². The maximum atomic E-state index is 3.31. The minimum atomic E-state index is 1.07. The first-order valence-electron chi connectivity index (χ1n) is 5.65. The van der Waals surface area contributed by atoms with Crippen molar-refractivity contribution in [1.82, 2.24) is 0 Å². The molecular formula is C15H16N2. The SMILES string of the molecule is C/C(=C\Nc1ccccc1)Nc1ccccc1. The molecule has 0 aliphatic heterocycles. The molecule has 17 heavy (non-hydrogen) atoms. The Morgan fingerprint density at radius 2 is 1.35 bits per heavy atom. The summed E-state index contributed by atoms with van der Waals surface area (Å²) in [6, 6.07) is 20.2. The zero-order valence-corrected chi connectivity index (χ0v) is 9.85. The second-order valence-corrected chi connectivity index (χ2v) is 3.83. The highest BCUT2D eigenvalue weighted by molar-refractivity contribution is 5.50. The molecule has 0 unspecified atom stereocenters. The molecule has 2 aromatic carbocycles. The van der Waals surface area contributed by atoms with Gasteiger partial charge in [0.05, 0.1) is 0 Å². The third kappa shape index (κ3) is 3.68. The quantitative estimate of drug-likeness (QED) is 0.818. The van der Waals surface area contributed by atoms with Gasteiger partial charge in [-0.25, -0.2) is 0 Å². The molecule has 0 bridgehead atoms. The average molecular weight is 224 g/mol. The molecule has 2 aromatic rings. The molecule has 2 heteroatoms. The first kappa shape index (κ1) is 11.3. The standard InChI is InChI=1S/C15H16N2/c1-13(17-15-10-6-3-7-11-15)12-16-14-8-4-2-5-9-14/h2-12,16-17H,1H3/b13-12+. The van der Waals surface area contributed by atoms with Gasteiger partial charge in [0, 0.05) is 23.3 Å². The van der Waals surface area contributed by atoms with E-state index in [0.717, 1.165) is 17.1 Å². The second-order valence-electron chi connectivity index (χ2n) is 3.83. The van der Waals surface area contributed by atoms with E-state index in [2.05, 4.69) is 10.6 Å². The van der Waals surface area contributed by atoms with Crippen LogP contribution in [-0.4, -0.2) is 0 Å². The number of hydrogen-bond donors (Lipinski definition) is 2. The molecule has 2 rings (SSSR count). The molecule has 86 valence electrons. The molecule has 0 saturated carbocycles. The van der Waals surface area contributed by atoms with Crippen LogP contribution in [0.4, 0.5) is 11.4 Å². The molecule has 0 aliphatic carbocycles. The van der Waals surface area contributed by atoms with Gasteiger partial charge in [-0.2, -0.15) is 0 Å². The Morgan fingerprint density at radius 3 is 1.94 bits per heavy atom. The normalized spacial score (nSPS) is 11.0. The first-order chi connectivity index (χ1) is 8.34. The summed E-state index contributed by atoms with van der Waals surface area (Å²) in [5.41, 5.74) is 3.25. The molecule has 0 aromatic heterocycles. The molecule has 2 nitrogen and oxygen atoms in total. The van der Waals surface area contributed by atoms with Crippen LogP contribution in [0.1, 0.15) is 6.92 Å². The van der Waals surface area contributed by atoms with Crippen molar-refractivity contribution >= 4 is 11.4 Å². The Balaban J connectivity index is 1.94. The number of benzene rings is 2. The summed E-state index contributed by atoms with van der Waals surface area (Å²) in [4.78, 5) is 0. The summed E-state index contributed by atoms with van der Waals surface area (Å²) in [6.45, 7) is 2.03. The monoisotopic (exact) mass is 224 g/mol. The van der Waals surface area contributed by atoms with Gasteiger partial charge in [-0.15, -0.1) is 0 Å². The van der Waals surface area contributed by atoms with Crippen LogP contribution < -0.4 is 10.6 Å². The van der Waals surface area contributed by atoms with Gasteiger partial charge in [-0.05, 0) is 31.2 Å². The first-order valence-corrected chi connectivity index (χ1v) is 5.65. The summed E-state index contributed by atoms with van der Waals surface area (Å²) in [5.74, 6) is 0. The molecule has 0 spiro atoms. The summed E-state index contributed by atoms with van der Waals surface area (Å²) < 4.78 is 0. The van der Waals surface area contributed by atoms with Gasteiger partial charge < -0.3 is 10.6 Å². The molecule has 0 saturated heterocycles. The van der Waals surface area contributed by atoms with Gasteiger partial charge in [0.25, 0.3) is 0 Å². The average Bonchev–Trinajstić information content (AvgIpc) is 2.39. The van der Waals surface area contributed by atoms with E-state index in [1.54, 1.807) is 0 Å². The van der Waals surface area contributed by atoms with Gasteiger partial charge in [0.2, 0.25) is 0 Å². The van der Waals surface area contributed by atoms with Crippen molar-refractivity contribution in [2.75, 3.05) is 10.6 Å². The van der Waals surface area contributed by atoms with Crippen LogP contribution in [0.5, 0.6) is 0 Å². The fourth-order valence-electron chi connectivity index (χ4n) is 1.51. The largest absolute Gasteiger partial charge is 0.360 e. The highest BCUT2D eigenvalue weighted by atomic mass is 14.9. The molecular weight excluding hydrogens is 208 g/mol. The highest BCUT2D eigenvalue weighted by Crippen LogP contribution is 2.10. The Hall–Kier alpha value is -2.22. The van der Waals surface area contributed by atoms with Crippen LogP contribution in [0.3, 0.4) is 0 Å². The second kappa shape index (κ2) is 5.75. The lowest BCUT2D eigenvalue weighted by atomic mass is 10.3. The highest BCUT2D eigenvalue weighted by Gasteiger charge is 1.91. The van der Waals surface area contributed by atoms with Gasteiger partial charge in [-0.3, -0.25) is 0 Å². The van der Waals surface area contributed by atoms with Crippen LogP contribution in [0.15, 0.2) is 72.6 Å². The molecule has 2 N–H and O–H groups in total. The fraction of sp³-hybridized carbons (Fsp3) is 0.0667. The Morgan fingerprint density at radius 1 is 0.824 bits per heavy atom. The maximum absolute atomic E-state index is 3.31. The number of anilines is 2. The van der Waals surface area contributed by atoms with Crippen molar-refractivity contribution in [2.45, 2.75) is 6.92 Å². The van der Waals surface area contributed by atoms with Crippen LogP contribution in [0, 0.1) is 0 Å². The van der Waals surface area contributed by atoms with Crippen molar-refractivity contribution in [3.8, 4) is 0 Å². The van der Waals surface area contributed by atoms with Crippen molar-refractivity contribution < 1.29 is 0 Å². The lowest BCUT2D eigenvalue weighted by Gasteiger charge is -2.07. The number of rotatable bonds is 4. The van der Waals surface area contributed by atoms with Crippen molar-refractivity contribution in [2.24, 2.45) is 0 Å². The predicted octanol–water partition coefficient (Wildman–Crippen LogP) is 4.07. The van der Waals surface area contributed by atoms with E-state index in [9.17, 15) is 0 Å². The van der Waals surface area contributed by atoms with Crippen molar-refractivity contribution in [3.05, 3.63) is 72.6 Å². The molecule has 0 aliphatic rings. The van der Waals surface area contributed by atoms with E-state index in [1.165, 1.54) is 0 Å². The molecule has 0 atom stereocenters. The number of allylic oxidation sites excluding steroid dienone is 1. The zero-order valence-electron chi connectivity index (χ0n) is 9.85. The van der Waals surface area contributed by atoms with E-state index in [4.69, 9.17) is 0 Å².